The molecule has 0 aliphatic rings. The van der Waals surface area contributed by atoms with Crippen LogP contribution in [-0.4, -0.2) is 20.0 Å². The molecule has 66 valence electrons. The van der Waals surface area contributed by atoms with E-state index in [1.807, 2.05) is 0 Å². The Morgan fingerprint density at radius 3 is 1.90 bits per heavy atom. The topological polar surface area (TPSA) is 38.0 Å². The lowest BCUT2D eigenvalue weighted by Gasteiger charge is -2.05. The maximum absolute atomic E-state index is 6.97. The average molecular weight is 181 g/mol. The molecule has 0 radical (unpaired) electrons. The highest BCUT2D eigenvalue weighted by molar-refractivity contribution is 5.85. The van der Waals surface area contributed by atoms with Crippen molar-refractivity contribution in [3.8, 4) is 0 Å². The molecule has 10 heavy (non-hydrogen) atoms. The molecule has 0 saturated carbocycles. The molecule has 0 saturated heterocycles. The van der Waals surface area contributed by atoms with Crippen LogP contribution in [0.4, 0.5) is 0 Å². The van der Waals surface area contributed by atoms with E-state index in [1.54, 1.807) is 0 Å². The van der Waals surface area contributed by atoms with Crippen molar-refractivity contribution < 1.29 is 16.4 Å². The Morgan fingerprint density at radius 1 is 1.40 bits per heavy atom. The Balaban J connectivity index is -0.000000326. The van der Waals surface area contributed by atoms with Crippen LogP contribution < -0.4 is 11.1 Å². The highest BCUT2D eigenvalue weighted by Gasteiger charge is 1.95. The van der Waals surface area contributed by atoms with Crippen LogP contribution >= 0.6 is 12.4 Å². The molecule has 0 spiro atoms. The van der Waals surface area contributed by atoms with Gasteiger partial charge in [0.25, 0.3) is 0 Å². The van der Waals surface area contributed by atoms with E-state index < -0.39 is 39.6 Å². The average Bonchev–Trinajstić information content (AvgIpc) is 1.86. The van der Waals surface area contributed by atoms with Gasteiger partial charge in [-0.1, -0.05) is 13.7 Å². The van der Waals surface area contributed by atoms with Crippen molar-refractivity contribution in [3.05, 3.63) is 0 Å². The third kappa shape index (κ3) is 24.1. The minimum absolute atomic E-state index is 0. The molecule has 0 bridgehead atoms. The van der Waals surface area contributed by atoms with Gasteiger partial charge in [-0.25, -0.2) is 0 Å². The van der Waals surface area contributed by atoms with Gasteiger partial charge in [0.15, 0.2) is 0 Å². The molecule has 0 aromatic carbocycles. The van der Waals surface area contributed by atoms with Crippen LogP contribution in [-0.2, 0) is 0 Å². The second kappa shape index (κ2) is 11.9. The lowest BCUT2D eigenvalue weighted by atomic mass is 10.1. The van der Waals surface area contributed by atoms with Gasteiger partial charge in [-0.2, -0.15) is 0 Å². The van der Waals surface area contributed by atoms with Crippen LogP contribution in [0.2, 0.25) is 0 Å². The summed E-state index contributed by atoms with van der Waals surface area (Å²) >= 11 is 0. The molecule has 0 aliphatic carbocycles. The molecule has 2 nitrogen and oxygen atoms in total. The van der Waals surface area contributed by atoms with E-state index >= 15 is 0 Å². The molecule has 1 atom stereocenters. The highest BCUT2D eigenvalue weighted by atomic mass is 35.5. The normalized spacial score (nSPS) is 33.9. The maximum atomic E-state index is 6.97. The zero-order chi connectivity index (χ0) is 17.9. The summed E-state index contributed by atoms with van der Waals surface area (Å²) in [5, 5.41) is 1.46. The van der Waals surface area contributed by atoms with Crippen LogP contribution in [0.25, 0.3) is 0 Å². The third-order valence-electron chi connectivity index (χ3n) is 0.526. The number of halogens is 1. The van der Waals surface area contributed by atoms with Crippen molar-refractivity contribution in [2.24, 2.45) is 11.7 Å². The smallest absolute Gasteiger partial charge is 0.0391 e. The lowest BCUT2D eigenvalue weighted by molar-refractivity contribution is 0.529. The fourth-order valence-electron chi connectivity index (χ4n) is 0. The summed E-state index contributed by atoms with van der Waals surface area (Å²) in [6.07, 6.45) is 0. The van der Waals surface area contributed by atoms with E-state index in [0.717, 1.165) is 0 Å². The standard InChI is InChI=1S/C5H13N.C2H7N.ClH/c1-4(2)5(3)6;1-3-2;/h4-5H,6H2,1-3H3;3H,1-2H3;1H/i2*1D3,2D3;. The quantitative estimate of drug-likeness (QED) is 0.638. The number of nitrogens with one attached hydrogen (secondary N) is 1. The minimum atomic E-state index is -2.58. The number of hydrogen-bond donors (Lipinski definition) is 2. The van der Waals surface area contributed by atoms with Crippen LogP contribution in [0.5, 0.6) is 0 Å². The second-order valence-electron chi connectivity index (χ2n) is 1.46. The van der Waals surface area contributed by atoms with Crippen molar-refractivity contribution in [2.75, 3.05) is 14.0 Å². The number of rotatable bonds is 1. The van der Waals surface area contributed by atoms with E-state index in [4.69, 9.17) is 22.2 Å². The molecular weight excluding hydrogens is 148 g/mol. The summed E-state index contributed by atoms with van der Waals surface area (Å²) in [5.74, 6) is -1.44. The van der Waals surface area contributed by atoms with E-state index in [0.29, 0.717) is 0 Å². The molecule has 0 amide bonds. The fraction of sp³-hybridized carbons (Fsp3) is 1.00. The summed E-state index contributed by atoms with van der Waals surface area (Å²) in [6.45, 7) is -8.79. The first-order valence-corrected chi connectivity index (χ1v) is 2.32. The van der Waals surface area contributed by atoms with Crippen molar-refractivity contribution in [1.29, 1.82) is 0 Å². The van der Waals surface area contributed by atoms with Gasteiger partial charge in [0.2, 0.25) is 0 Å². The molecular formula is C7H21ClN2. The van der Waals surface area contributed by atoms with Gasteiger partial charge in [-0.05, 0) is 26.8 Å². The first-order chi connectivity index (χ1) is 8.77. The Morgan fingerprint density at radius 2 is 1.90 bits per heavy atom. The predicted molar refractivity (Wildman–Crippen MR) is 50.7 cm³/mol. The largest absolute Gasteiger partial charge is 0.328 e. The molecule has 1 unspecified atom stereocenters. The van der Waals surface area contributed by atoms with Gasteiger partial charge >= 0.3 is 0 Å². The Kier molecular flexibility index (Phi) is 2.80. The summed E-state index contributed by atoms with van der Waals surface area (Å²) in [5.41, 5.74) is 5.29. The molecule has 0 heterocycles. The molecule has 3 N–H and O–H groups in total. The van der Waals surface area contributed by atoms with Crippen LogP contribution in [0.3, 0.4) is 0 Å². The Bertz CT molecular complexity index is 275. The van der Waals surface area contributed by atoms with Gasteiger partial charge in [-0.15, -0.1) is 12.4 Å². The lowest BCUT2D eigenvalue weighted by Crippen LogP contribution is -2.21. The summed E-state index contributed by atoms with van der Waals surface area (Å²) in [4.78, 5) is 0. The van der Waals surface area contributed by atoms with Crippen molar-refractivity contribution in [1.82, 2.24) is 5.32 Å². The van der Waals surface area contributed by atoms with Crippen molar-refractivity contribution in [3.63, 3.8) is 0 Å². The van der Waals surface area contributed by atoms with E-state index in [9.17, 15) is 0 Å². The van der Waals surface area contributed by atoms with Gasteiger partial charge in [0.05, 0.1) is 0 Å². The first-order valence-electron chi connectivity index (χ1n) is 8.32. The van der Waals surface area contributed by atoms with E-state index in [2.05, 4.69) is 0 Å². The van der Waals surface area contributed by atoms with Crippen molar-refractivity contribution >= 4 is 12.4 Å². The Hall–Kier alpha value is 0.210. The first kappa shape index (κ1) is 2.35. The summed E-state index contributed by atoms with van der Waals surface area (Å²) < 4.78 is 80.5. The number of hydrogen-bond acceptors (Lipinski definition) is 2. The predicted octanol–water partition coefficient (Wildman–Crippen LogP) is 1.25. The molecule has 0 aromatic heterocycles. The maximum Gasteiger partial charge on any atom is 0.0391 e. The van der Waals surface area contributed by atoms with Crippen LogP contribution in [0, 0.1) is 5.92 Å². The van der Waals surface area contributed by atoms with Gasteiger partial charge < -0.3 is 11.1 Å². The molecule has 0 aliphatic heterocycles. The van der Waals surface area contributed by atoms with E-state index in [-0.39, 0.29) is 12.4 Å². The molecule has 0 fully saturated rings. The van der Waals surface area contributed by atoms with Crippen LogP contribution in [0.1, 0.15) is 37.1 Å². The second-order valence-corrected chi connectivity index (χ2v) is 1.46. The molecule has 0 rings (SSSR count). The molecule has 0 aromatic rings. The molecule has 3 heteroatoms. The minimum Gasteiger partial charge on any atom is -0.328 e. The van der Waals surface area contributed by atoms with Crippen LogP contribution in [0.15, 0.2) is 0 Å². The number of nitrogens with two attached hydrogens (primary N) is 1. The van der Waals surface area contributed by atoms with Gasteiger partial charge in [0, 0.05) is 22.5 Å². The SMILES string of the molecule is Cl.[2H]C([2H])([2H])C(C(C)N)C([2H])([2H])[2H].[2H]C([2H])([2H])NC([2H])([2H])[2H]. The zero-order valence-electron chi connectivity index (χ0n) is 17.6. The van der Waals surface area contributed by atoms with Gasteiger partial charge in [-0.3, -0.25) is 0 Å². The zero-order valence-corrected chi connectivity index (χ0v) is 6.46. The summed E-state index contributed by atoms with van der Waals surface area (Å²) in [7, 11) is 0. The highest BCUT2D eigenvalue weighted by Crippen LogP contribution is 1.93. The van der Waals surface area contributed by atoms with Gasteiger partial charge in [0.1, 0.15) is 0 Å². The van der Waals surface area contributed by atoms with E-state index in [1.165, 1.54) is 12.2 Å². The fourth-order valence-corrected chi connectivity index (χ4v) is 0. The summed E-state index contributed by atoms with van der Waals surface area (Å²) in [6, 6.07) is -0.856. The third-order valence-corrected chi connectivity index (χ3v) is 0.526. The Labute approximate surface area is 87.8 Å². The monoisotopic (exact) mass is 180 g/mol. The van der Waals surface area contributed by atoms with Crippen molar-refractivity contribution in [2.45, 2.75) is 26.7 Å².